The van der Waals surface area contributed by atoms with E-state index in [1.165, 1.54) is 17.3 Å². The third kappa shape index (κ3) is 3.71. The number of benzene rings is 2. The molecular formula is C21H18N4OS. The van der Waals surface area contributed by atoms with Gasteiger partial charge in [-0.1, -0.05) is 36.0 Å². The number of pyridine rings is 1. The predicted molar refractivity (Wildman–Crippen MR) is 108 cm³/mol. The number of para-hydroxylation sites is 2. The Balaban J connectivity index is 1.61. The second-order valence-corrected chi connectivity index (χ2v) is 7.31. The lowest BCUT2D eigenvalue weighted by atomic mass is 10.2. The van der Waals surface area contributed by atoms with Crippen LogP contribution in [-0.2, 0) is 0 Å². The molecule has 0 radical (unpaired) electrons. The molecule has 0 spiro atoms. The number of amides is 1. The molecule has 0 unspecified atom stereocenters. The molecule has 0 aliphatic rings. The number of imidazole rings is 1. The summed E-state index contributed by atoms with van der Waals surface area (Å²) in [7, 11) is 0. The van der Waals surface area contributed by atoms with E-state index in [1.807, 2.05) is 24.3 Å². The van der Waals surface area contributed by atoms with E-state index in [2.05, 4.69) is 52.3 Å². The predicted octanol–water partition coefficient (Wildman–Crippen LogP) is 4.98. The Kier molecular flexibility index (Phi) is 4.64. The molecule has 0 atom stereocenters. The summed E-state index contributed by atoms with van der Waals surface area (Å²) in [5.41, 5.74) is 4.53. The maximum atomic E-state index is 12.8. The topological polar surface area (TPSA) is 70.7 Å². The third-order valence-corrected chi connectivity index (χ3v) is 5.37. The molecule has 0 aliphatic carbocycles. The smallest absolute Gasteiger partial charge is 0.260 e. The normalized spacial score (nSPS) is 10.9. The summed E-state index contributed by atoms with van der Waals surface area (Å²) < 4.78 is 0. The first-order chi connectivity index (χ1) is 13.1. The Morgan fingerprint density at radius 3 is 2.78 bits per heavy atom. The number of nitrogens with zero attached hydrogens (tertiary/aromatic N) is 2. The summed E-state index contributed by atoms with van der Waals surface area (Å²) in [6.45, 7) is 4.11. The molecule has 5 nitrogen and oxygen atoms in total. The lowest BCUT2D eigenvalue weighted by Gasteiger charge is -2.10. The van der Waals surface area contributed by atoms with E-state index >= 15 is 0 Å². The number of hydrogen-bond acceptors (Lipinski definition) is 4. The van der Waals surface area contributed by atoms with Gasteiger partial charge in [-0.2, -0.15) is 0 Å². The largest absolute Gasteiger partial charge is 0.324 e. The summed E-state index contributed by atoms with van der Waals surface area (Å²) in [5, 5.41) is 3.51. The van der Waals surface area contributed by atoms with Gasteiger partial charge in [0, 0.05) is 11.1 Å². The number of aromatic nitrogens is 3. The van der Waals surface area contributed by atoms with Gasteiger partial charge >= 0.3 is 0 Å². The van der Waals surface area contributed by atoms with E-state index in [9.17, 15) is 4.79 Å². The van der Waals surface area contributed by atoms with E-state index in [4.69, 9.17) is 0 Å². The van der Waals surface area contributed by atoms with Crippen molar-refractivity contribution >= 4 is 34.7 Å². The fourth-order valence-electron chi connectivity index (χ4n) is 2.75. The van der Waals surface area contributed by atoms with Crippen LogP contribution in [0.4, 0.5) is 5.95 Å². The molecule has 6 heteroatoms. The van der Waals surface area contributed by atoms with Crippen LogP contribution in [0.2, 0.25) is 0 Å². The van der Waals surface area contributed by atoms with Crippen molar-refractivity contribution in [2.24, 2.45) is 0 Å². The molecule has 134 valence electrons. The SMILES string of the molecule is Cc1ccc(C)c(Sc2ncccc2C(=O)Nc2nc3ccccc3[nH]2)c1. The zero-order valence-corrected chi connectivity index (χ0v) is 15.8. The van der Waals surface area contributed by atoms with E-state index in [-0.39, 0.29) is 5.91 Å². The van der Waals surface area contributed by atoms with Gasteiger partial charge in [0.2, 0.25) is 5.95 Å². The zero-order valence-electron chi connectivity index (χ0n) is 15.0. The zero-order chi connectivity index (χ0) is 18.8. The number of aryl methyl sites for hydroxylation is 2. The van der Waals surface area contributed by atoms with E-state index in [1.54, 1.807) is 18.3 Å². The minimum Gasteiger partial charge on any atom is -0.324 e. The number of aromatic amines is 1. The van der Waals surface area contributed by atoms with Crippen LogP contribution >= 0.6 is 11.8 Å². The highest BCUT2D eigenvalue weighted by Gasteiger charge is 2.16. The van der Waals surface area contributed by atoms with Gasteiger partial charge < -0.3 is 4.98 Å². The molecule has 27 heavy (non-hydrogen) atoms. The minimum atomic E-state index is -0.241. The summed E-state index contributed by atoms with van der Waals surface area (Å²) in [5.74, 6) is 0.183. The van der Waals surface area contributed by atoms with Crippen LogP contribution in [-0.4, -0.2) is 20.9 Å². The van der Waals surface area contributed by atoms with Gasteiger partial charge in [-0.05, 0) is 55.3 Å². The molecule has 0 saturated heterocycles. The minimum absolute atomic E-state index is 0.241. The lowest BCUT2D eigenvalue weighted by molar-refractivity contribution is 0.102. The quantitative estimate of drug-likeness (QED) is 0.529. The van der Waals surface area contributed by atoms with Gasteiger partial charge in [-0.3, -0.25) is 10.1 Å². The second kappa shape index (κ2) is 7.25. The van der Waals surface area contributed by atoms with Crippen molar-refractivity contribution in [2.45, 2.75) is 23.8 Å². The average molecular weight is 374 g/mol. The molecule has 4 rings (SSSR count). The molecule has 2 N–H and O–H groups in total. The third-order valence-electron chi connectivity index (χ3n) is 4.19. The van der Waals surface area contributed by atoms with E-state index in [0.29, 0.717) is 16.5 Å². The Labute approximate surface area is 161 Å². The Bertz CT molecular complexity index is 1100. The van der Waals surface area contributed by atoms with Crippen molar-refractivity contribution in [3.8, 4) is 0 Å². The second-order valence-electron chi connectivity index (χ2n) is 6.28. The van der Waals surface area contributed by atoms with Crippen molar-refractivity contribution in [2.75, 3.05) is 5.32 Å². The van der Waals surface area contributed by atoms with Crippen molar-refractivity contribution in [3.05, 3.63) is 77.5 Å². The molecule has 0 saturated carbocycles. The number of carbonyl (C=O) groups is 1. The van der Waals surface area contributed by atoms with Gasteiger partial charge in [-0.15, -0.1) is 0 Å². The average Bonchev–Trinajstić information content (AvgIpc) is 3.07. The van der Waals surface area contributed by atoms with Crippen LogP contribution in [0.1, 0.15) is 21.5 Å². The van der Waals surface area contributed by atoms with E-state index in [0.717, 1.165) is 21.5 Å². The molecule has 2 aromatic carbocycles. The summed E-state index contributed by atoms with van der Waals surface area (Å²) >= 11 is 1.50. The molecule has 0 bridgehead atoms. The molecule has 0 fully saturated rings. The molecule has 4 aromatic rings. The van der Waals surface area contributed by atoms with Crippen molar-refractivity contribution < 1.29 is 4.79 Å². The maximum absolute atomic E-state index is 12.8. The van der Waals surface area contributed by atoms with Gasteiger partial charge in [-0.25, -0.2) is 9.97 Å². The van der Waals surface area contributed by atoms with Crippen LogP contribution in [0.3, 0.4) is 0 Å². The molecule has 1 amide bonds. The fourth-order valence-corrected chi connectivity index (χ4v) is 3.82. The Morgan fingerprint density at radius 2 is 1.93 bits per heavy atom. The van der Waals surface area contributed by atoms with Crippen molar-refractivity contribution in [1.82, 2.24) is 15.0 Å². The highest BCUT2D eigenvalue weighted by Crippen LogP contribution is 2.32. The van der Waals surface area contributed by atoms with Gasteiger partial charge in [0.15, 0.2) is 0 Å². The summed E-state index contributed by atoms with van der Waals surface area (Å²) in [6, 6.07) is 17.5. The number of nitrogens with one attached hydrogen (secondary N) is 2. The molecular weight excluding hydrogens is 356 g/mol. The Hall–Kier alpha value is -3.12. The number of fused-ring (bicyclic) bond motifs is 1. The number of rotatable bonds is 4. The summed E-state index contributed by atoms with van der Waals surface area (Å²) in [4.78, 5) is 25.9. The van der Waals surface area contributed by atoms with Crippen LogP contribution < -0.4 is 5.32 Å². The number of carbonyl (C=O) groups excluding carboxylic acids is 1. The molecule has 2 aromatic heterocycles. The highest BCUT2D eigenvalue weighted by molar-refractivity contribution is 7.99. The van der Waals surface area contributed by atoms with Crippen LogP contribution in [0.15, 0.2) is 70.7 Å². The monoisotopic (exact) mass is 374 g/mol. The maximum Gasteiger partial charge on any atom is 0.260 e. The van der Waals surface area contributed by atoms with Crippen molar-refractivity contribution in [1.29, 1.82) is 0 Å². The lowest BCUT2D eigenvalue weighted by Crippen LogP contribution is -2.14. The van der Waals surface area contributed by atoms with Gasteiger partial charge in [0.25, 0.3) is 5.91 Å². The van der Waals surface area contributed by atoms with E-state index < -0.39 is 0 Å². The van der Waals surface area contributed by atoms with Crippen LogP contribution in [0, 0.1) is 13.8 Å². The number of H-pyrrole nitrogens is 1. The highest BCUT2D eigenvalue weighted by atomic mass is 32.2. The van der Waals surface area contributed by atoms with Crippen LogP contribution in [0.5, 0.6) is 0 Å². The number of hydrogen-bond donors (Lipinski definition) is 2. The first-order valence-corrected chi connectivity index (χ1v) is 9.38. The van der Waals surface area contributed by atoms with Gasteiger partial charge in [0.05, 0.1) is 16.6 Å². The van der Waals surface area contributed by atoms with Crippen molar-refractivity contribution in [3.63, 3.8) is 0 Å². The van der Waals surface area contributed by atoms with Crippen LogP contribution in [0.25, 0.3) is 11.0 Å². The van der Waals surface area contributed by atoms with Gasteiger partial charge in [0.1, 0.15) is 5.03 Å². The molecule has 2 heterocycles. The number of anilines is 1. The molecule has 0 aliphatic heterocycles. The summed E-state index contributed by atoms with van der Waals surface area (Å²) in [6.07, 6.45) is 1.70. The Morgan fingerprint density at radius 1 is 1.07 bits per heavy atom. The fraction of sp³-hybridized carbons (Fsp3) is 0.0952. The first kappa shape index (κ1) is 17.3. The standard InChI is InChI=1S/C21H18N4OS/c1-13-9-10-14(2)18(12-13)27-20-15(6-5-11-22-20)19(26)25-21-23-16-7-3-4-8-17(16)24-21/h3-12H,1-2H3,(H2,23,24,25,26). The first-order valence-electron chi connectivity index (χ1n) is 8.56.